The lowest BCUT2D eigenvalue weighted by atomic mass is 9.86. The standard InChI is InChI=1S/C9H20N2O/c1-8(2)3-11-5-9(4-10)6-12-7-9/h8,11H,3-7,10H2,1-2H3. The van der Waals surface area contributed by atoms with E-state index in [0.29, 0.717) is 5.92 Å². The normalized spacial score (nSPS) is 21.0. The highest BCUT2D eigenvalue weighted by Crippen LogP contribution is 2.24. The molecule has 0 saturated carbocycles. The zero-order valence-electron chi connectivity index (χ0n) is 8.10. The van der Waals surface area contributed by atoms with Gasteiger partial charge in [0.25, 0.3) is 0 Å². The van der Waals surface area contributed by atoms with Gasteiger partial charge in [-0.3, -0.25) is 0 Å². The van der Waals surface area contributed by atoms with Gasteiger partial charge in [-0.2, -0.15) is 0 Å². The molecule has 0 bridgehead atoms. The molecule has 1 fully saturated rings. The van der Waals surface area contributed by atoms with Gasteiger partial charge in [-0.1, -0.05) is 13.8 Å². The molecule has 3 heteroatoms. The third kappa shape index (κ3) is 2.44. The van der Waals surface area contributed by atoms with E-state index in [-0.39, 0.29) is 5.41 Å². The maximum atomic E-state index is 5.67. The largest absolute Gasteiger partial charge is 0.380 e. The van der Waals surface area contributed by atoms with Gasteiger partial charge in [-0.15, -0.1) is 0 Å². The molecule has 0 aromatic heterocycles. The van der Waals surface area contributed by atoms with Crippen LogP contribution in [0.1, 0.15) is 13.8 Å². The van der Waals surface area contributed by atoms with Gasteiger partial charge < -0.3 is 15.8 Å². The first-order valence-electron chi connectivity index (χ1n) is 4.67. The molecule has 72 valence electrons. The molecule has 0 unspecified atom stereocenters. The summed E-state index contributed by atoms with van der Waals surface area (Å²) in [5, 5.41) is 3.42. The third-order valence-corrected chi connectivity index (χ3v) is 2.30. The Bertz CT molecular complexity index is 127. The summed E-state index contributed by atoms with van der Waals surface area (Å²) in [5.74, 6) is 0.709. The van der Waals surface area contributed by atoms with Crippen molar-refractivity contribution >= 4 is 0 Å². The van der Waals surface area contributed by atoms with Crippen LogP contribution in [0.5, 0.6) is 0 Å². The van der Waals surface area contributed by atoms with Crippen LogP contribution in [0.3, 0.4) is 0 Å². The minimum atomic E-state index is 0.245. The Balaban J connectivity index is 2.12. The van der Waals surface area contributed by atoms with Gasteiger partial charge >= 0.3 is 0 Å². The van der Waals surface area contributed by atoms with Crippen molar-refractivity contribution in [2.45, 2.75) is 13.8 Å². The molecule has 0 aromatic rings. The van der Waals surface area contributed by atoms with E-state index in [4.69, 9.17) is 10.5 Å². The van der Waals surface area contributed by atoms with Crippen LogP contribution in [-0.4, -0.2) is 32.8 Å². The molecule has 0 atom stereocenters. The summed E-state index contributed by atoms with van der Waals surface area (Å²) in [5.41, 5.74) is 5.91. The SMILES string of the molecule is CC(C)CNCC1(CN)COC1. The molecule has 0 amide bonds. The van der Waals surface area contributed by atoms with Crippen LogP contribution in [0.15, 0.2) is 0 Å². The van der Waals surface area contributed by atoms with E-state index >= 15 is 0 Å². The lowest BCUT2D eigenvalue weighted by molar-refractivity contribution is -0.105. The second-order valence-corrected chi connectivity index (χ2v) is 4.22. The highest BCUT2D eigenvalue weighted by molar-refractivity contribution is 4.88. The van der Waals surface area contributed by atoms with E-state index in [1.165, 1.54) is 0 Å². The predicted octanol–water partition coefficient (Wildman–Crippen LogP) is 0.207. The van der Waals surface area contributed by atoms with Crippen LogP contribution in [0.4, 0.5) is 0 Å². The smallest absolute Gasteiger partial charge is 0.0569 e. The van der Waals surface area contributed by atoms with Crippen molar-refractivity contribution in [2.75, 3.05) is 32.8 Å². The average molecular weight is 172 g/mol. The maximum Gasteiger partial charge on any atom is 0.0569 e. The Morgan fingerprint density at radius 2 is 2.17 bits per heavy atom. The average Bonchev–Trinajstić information content (AvgIpc) is 1.94. The third-order valence-electron chi connectivity index (χ3n) is 2.30. The summed E-state index contributed by atoms with van der Waals surface area (Å²) in [6.45, 7) is 8.88. The molecule has 1 heterocycles. The van der Waals surface area contributed by atoms with Crippen LogP contribution in [0.25, 0.3) is 0 Å². The van der Waals surface area contributed by atoms with Crippen molar-refractivity contribution in [2.24, 2.45) is 17.1 Å². The van der Waals surface area contributed by atoms with Crippen LogP contribution in [0, 0.1) is 11.3 Å². The number of rotatable bonds is 5. The number of nitrogens with two attached hydrogens (primary N) is 1. The fourth-order valence-corrected chi connectivity index (χ4v) is 1.31. The summed E-state index contributed by atoms with van der Waals surface area (Å²) in [7, 11) is 0. The van der Waals surface area contributed by atoms with Crippen molar-refractivity contribution in [3.8, 4) is 0 Å². The van der Waals surface area contributed by atoms with Crippen molar-refractivity contribution in [1.29, 1.82) is 0 Å². The molecule has 1 aliphatic rings. The highest BCUT2D eigenvalue weighted by Gasteiger charge is 2.36. The first kappa shape index (κ1) is 9.96. The Hall–Kier alpha value is -0.120. The Labute approximate surface area is 74.7 Å². The summed E-state index contributed by atoms with van der Waals surface area (Å²) < 4.78 is 5.17. The van der Waals surface area contributed by atoms with Gasteiger partial charge in [0, 0.05) is 18.5 Å². The van der Waals surface area contributed by atoms with E-state index in [0.717, 1.165) is 32.8 Å². The van der Waals surface area contributed by atoms with E-state index < -0.39 is 0 Å². The van der Waals surface area contributed by atoms with Crippen molar-refractivity contribution in [1.82, 2.24) is 5.32 Å². The lowest BCUT2D eigenvalue weighted by Gasteiger charge is -2.40. The maximum absolute atomic E-state index is 5.67. The molecule has 1 saturated heterocycles. The molecule has 12 heavy (non-hydrogen) atoms. The molecule has 0 aromatic carbocycles. The zero-order chi connectivity index (χ0) is 9.03. The van der Waals surface area contributed by atoms with Crippen molar-refractivity contribution in [3.05, 3.63) is 0 Å². The highest BCUT2D eigenvalue weighted by atomic mass is 16.5. The Morgan fingerprint density at radius 3 is 2.50 bits per heavy atom. The predicted molar refractivity (Wildman–Crippen MR) is 50.0 cm³/mol. The molecular weight excluding hydrogens is 152 g/mol. The van der Waals surface area contributed by atoms with Gasteiger partial charge in [0.2, 0.25) is 0 Å². The molecule has 1 aliphatic heterocycles. The number of hydrogen-bond donors (Lipinski definition) is 2. The summed E-state index contributed by atoms with van der Waals surface area (Å²) >= 11 is 0. The minimum Gasteiger partial charge on any atom is -0.380 e. The second-order valence-electron chi connectivity index (χ2n) is 4.22. The fourth-order valence-electron chi connectivity index (χ4n) is 1.31. The van der Waals surface area contributed by atoms with Crippen LogP contribution in [0.2, 0.25) is 0 Å². The van der Waals surface area contributed by atoms with Gasteiger partial charge in [0.15, 0.2) is 0 Å². The summed E-state index contributed by atoms with van der Waals surface area (Å²) in [6.07, 6.45) is 0. The van der Waals surface area contributed by atoms with Gasteiger partial charge in [-0.05, 0) is 12.5 Å². The molecule has 0 radical (unpaired) electrons. The summed E-state index contributed by atoms with van der Waals surface area (Å²) in [6, 6.07) is 0. The number of nitrogens with one attached hydrogen (secondary N) is 1. The van der Waals surface area contributed by atoms with Gasteiger partial charge in [0.1, 0.15) is 0 Å². The number of hydrogen-bond acceptors (Lipinski definition) is 3. The van der Waals surface area contributed by atoms with Gasteiger partial charge in [-0.25, -0.2) is 0 Å². The first-order valence-corrected chi connectivity index (χ1v) is 4.67. The topological polar surface area (TPSA) is 47.3 Å². The molecule has 0 aliphatic carbocycles. The fraction of sp³-hybridized carbons (Fsp3) is 1.00. The van der Waals surface area contributed by atoms with Crippen LogP contribution >= 0.6 is 0 Å². The van der Waals surface area contributed by atoms with E-state index in [1.54, 1.807) is 0 Å². The molecule has 1 rings (SSSR count). The lowest BCUT2D eigenvalue weighted by Crippen LogP contribution is -2.54. The monoisotopic (exact) mass is 172 g/mol. The van der Waals surface area contributed by atoms with E-state index in [9.17, 15) is 0 Å². The Morgan fingerprint density at radius 1 is 1.50 bits per heavy atom. The molecule has 3 N–H and O–H groups in total. The minimum absolute atomic E-state index is 0.245. The Kier molecular flexibility index (Phi) is 3.50. The first-order chi connectivity index (χ1) is 5.68. The second kappa shape index (κ2) is 4.21. The summed E-state index contributed by atoms with van der Waals surface area (Å²) in [4.78, 5) is 0. The van der Waals surface area contributed by atoms with Crippen LogP contribution < -0.4 is 11.1 Å². The van der Waals surface area contributed by atoms with Crippen molar-refractivity contribution in [3.63, 3.8) is 0 Å². The molecule has 3 nitrogen and oxygen atoms in total. The van der Waals surface area contributed by atoms with E-state index in [2.05, 4.69) is 19.2 Å². The quantitative estimate of drug-likeness (QED) is 0.623. The number of ether oxygens (including phenoxy) is 1. The molecular formula is C9H20N2O. The van der Waals surface area contributed by atoms with Crippen LogP contribution in [-0.2, 0) is 4.74 Å². The zero-order valence-corrected chi connectivity index (χ0v) is 8.10. The van der Waals surface area contributed by atoms with Gasteiger partial charge in [0.05, 0.1) is 13.2 Å². The van der Waals surface area contributed by atoms with Crippen molar-refractivity contribution < 1.29 is 4.74 Å². The van der Waals surface area contributed by atoms with E-state index in [1.807, 2.05) is 0 Å². The molecule has 0 spiro atoms.